The molecule has 0 bridgehead atoms. The highest BCUT2D eigenvalue weighted by atomic mass is 15.4. The highest BCUT2D eigenvalue weighted by Crippen LogP contribution is 2.05. The van der Waals surface area contributed by atoms with Crippen molar-refractivity contribution >= 4 is 0 Å². The second-order valence-corrected chi connectivity index (χ2v) is 2.84. The van der Waals surface area contributed by atoms with E-state index in [1.165, 1.54) is 0 Å². The van der Waals surface area contributed by atoms with Crippen molar-refractivity contribution in [2.75, 3.05) is 0 Å². The number of nitrogens with one attached hydrogen (secondary N) is 1. The molecule has 1 N–H and O–H groups in total. The molecular weight excluding hydrogens is 140 g/mol. The predicted molar refractivity (Wildman–Crippen MR) is 40.9 cm³/mol. The van der Waals surface area contributed by atoms with Crippen LogP contribution in [0.15, 0.2) is 6.33 Å². The third-order valence-corrected chi connectivity index (χ3v) is 2.13. The Morgan fingerprint density at radius 1 is 1.82 bits per heavy atom. The molecule has 1 aromatic heterocycles. The first kappa shape index (κ1) is 6.79. The van der Waals surface area contributed by atoms with Gasteiger partial charge in [0.2, 0.25) is 0 Å². The van der Waals surface area contributed by atoms with Gasteiger partial charge in [0.1, 0.15) is 12.2 Å². The second kappa shape index (κ2) is 2.62. The molecule has 11 heavy (non-hydrogen) atoms. The smallest absolute Gasteiger partial charge is 0.140 e. The van der Waals surface area contributed by atoms with E-state index < -0.39 is 0 Å². The number of hydrogen-bond acceptors (Lipinski definition) is 3. The molecule has 0 aromatic carbocycles. The first-order valence-corrected chi connectivity index (χ1v) is 4.00. The molecule has 1 atom stereocenters. The molecule has 1 aliphatic rings. The third kappa shape index (κ3) is 1.14. The van der Waals surface area contributed by atoms with Gasteiger partial charge in [0.15, 0.2) is 0 Å². The lowest BCUT2D eigenvalue weighted by Gasteiger charge is -2.22. The molecule has 0 fully saturated rings. The lowest BCUT2D eigenvalue weighted by Crippen LogP contribution is -2.38. The van der Waals surface area contributed by atoms with Crippen LogP contribution in [0.3, 0.4) is 0 Å². The van der Waals surface area contributed by atoms with Crippen molar-refractivity contribution in [1.29, 1.82) is 0 Å². The van der Waals surface area contributed by atoms with Gasteiger partial charge in [-0.05, 0) is 6.42 Å². The van der Waals surface area contributed by atoms with Crippen molar-refractivity contribution in [1.82, 2.24) is 20.1 Å². The Labute approximate surface area is 65.6 Å². The lowest BCUT2D eigenvalue weighted by molar-refractivity contribution is 0.356. The van der Waals surface area contributed by atoms with Crippen LogP contribution in [0.5, 0.6) is 0 Å². The monoisotopic (exact) mass is 152 g/mol. The van der Waals surface area contributed by atoms with Gasteiger partial charge >= 0.3 is 0 Å². The zero-order valence-corrected chi connectivity index (χ0v) is 6.62. The Morgan fingerprint density at radius 3 is 3.55 bits per heavy atom. The van der Waals surface area contributed by atoms with E-state index in [-0.39, 0.29) is 0 Å². The van der Waals surface area contributed by atoms with Crippen molar-refractivity contribution in [3.8, 4) is 0 Å². The quantitative estimate of drug-likeness (QED) is 0.623. The molecule has 4 nitrogen and oxygen atoms in total. The average Bonchev–Trinajstić information content (AvgIpc) is 2.50. The maximum Gasteiger partial charge on any atom is 0.140 e. The molecule has 1 aromatic rings. The van der Waals surface area contributed by atoms with Gasteiger partial charge in [-0.3, -0.25) is 0 Å². The summed E-state index contributed by atoms with van der Waals surface area (Å²) < 4.78 is 1.98. The van der Waals surface area contributed by atoms with Crippen LogP contribution in [0.25, 0.3) is 0 Å². The molecule has 0 amide bonds. The Kier molecular flexibility index (Phi) is 1.62. The van der Waals surface area contributed by atoms with Gasteiger partial charge in [-0.15, -0.1) is 0 Å². The normalized spacial score (nSPS) is 23.2. The summed E-state index contributed by atoms with van der Waals surface area (Å²) in [5.41, 5.74) is 0. The Bertz CT molecular complexity index is 242. The average molecular weight is 152 g/mol. The molecule has 0 saturated heterocycles. The summed E-state index contributed by atoms with van der Waals surface area (Å²) in [6.45, 7) is 4.00. The minimum absolute atomic E-state index is 0.573. The standard InChI is InChI=1S/C7H12N4/c1-2-6-4-11-7(3-8-6)9-5-10-11/h5-6,8H,2-4H2,1H3. The van der Waals surface area contributed by atoms with E-state index in [0.29, 0.717) is 6.04 Å². The SMILES string of the molecule is CCC1Cn2ncnc2CN1. The van der Waals surface area contributed by atoms with Gasteiger partial charge < -0.3 is 5.32 Å². The highest BCUT2D eigenvalue weighted by molar-refractivity contribution is 4.89. The summed E-state index contributed by atoms with van der Waals surface area (Å²) in [5, 5.41) is 7.51. The van der Waals surface area contributed by atoms with Crippen LogP contribution in [0.4, 0.5) is 0 Å². The van der Waals surface area contributed by atoms with E-state index in [1.807, 2.05) is 4.68 Å². The van der Waals surface area contributed by atoms with Gasteiger partial charge in [-0.25, -0.2) is 9.67 Å². The summed E-state index contributed by atoms with van der Waals surface area (Å²) in [4.78, 5) is 4.11. The Morgan fingerprint density at radius 2 is 2.73 bits per heavy atom. The summed E-state index contributed by atoms with van der Waals surface area (Å²) in [7, 11) is 0. The van der Waals surface area contributed by atoms with Crippen LogP contribution < -0.4 is 5.32 Å². The van der Waals surface area contributed by atoms with E-state index in [1.54, 1.807) is 6.33 Å². The number of aromatic nitrogens is 3. The number of fused-ring (bicyclic) bond motifs is 1. The minimum Gasteiger partial charge on any atom is -0.305 e. The molecular formula is C7H12N4. The maximum absolute atomic E-state index is 4.12. The zero-order chi connectivity index (χ0) is 7.68. The molecule has 60 valence electrons. The van der Waals surface area contributed by atoms with Crippen LogP contribution in [-0.2, 0) is 13.1 Å². The van der Waals surface area contributed by atoms with Crippen molar-refractivity contribution in [2.45, 2.75) is 32.5 Å². The Hall–Kier alpha value is -0.900. The van der Waals surface area contributed by atoms with E-state index in [9.17, 15) is 0 Å². The predicted octanol–water partition coefficient (Wildman–Crippen LogP) is 0.160. The summed E-state index contributed by atoms with van der Waals surface area (Å²) in [6.07, 6.45) is 2.77. The van der Waals surface area contributed by atoms with Crippen LogP contribution in [0.2, 0.25) is 0 Å². The maximum atomic E-state index is 4.12. The van der Waals surface area contributed by atoms with Crippen molar-refractivity contribution < 1.29 is 0 Å². The summed E-state index contributed by atoms with van der Waals surface area (Å²) in [6, 6.07) is 0.573. The van der Waals surface area contributed by atoms with Gasteiger partial charge in [0, 0.05) is 6.04 Å². The van der Waals surface area contributed by atoms with Gasteiger partial charge in [-0.1, -0.05) is 6.92 Å². The molecule has 0 radical (unpaired) electrons. The van der Waals surface area contributed by atoms with Gasteiger partial charge in [0.25, 0.3) is 0 Å². The molecule has 1 aliphatic heterocycles. The van der Waals surface area contributed by atoms with Crippen molar-refractivity contribution in [2.24, 2.45) is 0 Å². The lowest BCUT2D eigenvalue weighted by atomic mass is 10.2. The van der Waals surface area contributed by atoms with Crippen LogP contribution in [0, 0.1) is 0 Å². The molecule has 2 heterocycles. The third-order valence-electron chi connectivity index (χ3n) is 2.13. The largest absolute Gasteiger partial charge is 0.305 e. The van der Waals surface area contributed by atoms with Crippen molar-refractivity contribution in [3.05, 3.63) is 12.2 Å². The van der Waals surface area contributed by atoms with Gasteiger partial charge in [-0.2, -0.15) is 5.10 Å². The fraction of sp³-hybridized carbons (Fsp3) is 0.714. The topological polar surface area (TPSA) is 42.7 Å². The molecule has 0 spiro atoms. The first-order chi connectivity index (χ1) is 5.40. The molecule has 2 rings (SSSR count). The van der Waals surface area contributed by atoms with E-state index in [2.05, 4.69) is 22.3 Å². The van der Waals surface area contributed by atoms with Gasteiger partial charge in [0.05, 0.1) is 13.1 Å². The van der Waals surface area contributed by atoms with Crippen LogP contribution >= 0.6 is 0 Å². The minimum atomic E-state index is 0.573. The molecule has 1 unspecified atom stereocenters. The molecule has 0 saturated carbocycles. The fourth-order valence-corrected chi connectivity index (χ4v) is 1.36. The van der Waals surface area contributed by atoms with E-state index in [0.717, 1.165) is 25.3 Å². The number of rotatable bonds is 1. The molecule has 0 aliphatic carbocycles. The van der Waals surface area contributed by atoms with Crippen LogP contribution in [0.1, 0.15) is 19.2 Å². The number of nitrogens with zero attached hydrogens (tertiary/aromatic N) is 3. The van der Waals surface area contributed by atoms with E-state index >= 15 is 0 Å². The summed E-state index contributed by atoms with van der Waals surface area (Å²) in [5.74, 6) is 1.05. The van der Waals surface area contributed by atoms with E-state index in [4.69, 9.17) is 0 Å². The zero-order valence-electron chi connectivity index (χ0n) is 6.62. The Balaban J connectivity index is 2.18. The van der Waals surface area contributed by atoms with Crippen LogP contribution in [-0.4, -0.2) is 20.8 Å². The summed E-state index contributed by atoms with van der Waals surface area (Å²) >= 11 is 0. The first-order valence-electron chi connectivity index (χ1n) is 4.00. The second-order valence-electron chi connectivity index (χ2n) is 2.84. The van der Waals surface area contributed by atoms with Crippen molar-refractivity contribution in [3.63, 3.8) is 0 Å². The highest BCUT2D eigenvalue weighted by Gasteiger charge is 2.16. The number of hydrogen-bond donors (Lipinski definition) is 1. The fourth-order valence-electron chi connectivity index (χ4n) is 1.36. The molecule has 4 heteroatoms.